The van der Waals surface area contributed by atoms with Crippen molar-refractivity contribution >= 4 is 12.6 Å². The molecule has 0 radical (unpaired) electrons. The fourth-order valence-corrected chi connectivity index (χ4v) is 2.12. The first kappa shape index (κ1) is 14.3. The molecule has 0 saturated carbocycles. The lowest BCUT2D eigenvalue weighted by Gasteiger charge is -2.32. The Bertz CT molecular complexity index is 509. The van der Waals surface area contributed by atoms with Gasteiger partial charge in [-0.25, -0.2) is 0 Å². The molecule has 1 aliphatic heterocycles. The van der Waals surface area contributed by atoms with E-state index in [4.69, 9.17) is 15.0 Å². The minimum absolute atomic E-state index is 0.176. The van der Waals surface area contributed by atoms with Crippen LogP contribution >= 0.6 is 0 Å². The van der Waals surface area contributed by atoms with E-state index >= 15 is 0 Å². The molecule has 19 heavy (non-hydrogen) atoms. The average Bonchev–Trinajstić information content (AvgIpc) is 2.48. The van der Waals surface area contributed by atoms with Crippen LogP contribution in [0.25, 0.3) is 0 Å². The summed E-state index contributed by atoms with van der Waals surface area (Å²) < 4.78 is 11.9. The maximum absolute atomic E-state index is 12.1. The molecule has 1 aromatic heterocycles. The molecule has 2 rings (SSSR count). The zero-order chi connectivity index (χ0) is 14.3. The largest absolute Gasteiger partial charge is 0.500 e. The molecule has 0 aromatic carbocycles. The van der Waals surface area contributed by atoms with Gasteiger partial charge in [-0.1, -0.05) is 0 Å². The van der Waals surface area contributed by atoms with E-state index in [1.54, 1.807) is 6.20 Å². The Morgan fingerprint density at radius 2 is 1.84 bits per heavy atom. The summed E-state index contributed by atoms with van der Waals surface area (Å²) >= 11 is 0. The molecule has 0 aliphatic carbocycles. The Labute approximate surface area is 113 Å². The van der Waals surface area contributed by atoms with Gasteiger partial charge in [-0.3, -0.25) is 4.79 Å². The van der Waals surface area contributed by atoms with Crippen molar-refractivity contribution in [3.63, 3.8) is 0 Å². The monoisotopic (exact) mass is 264 g/mol. The molecule has 1 fully saturated rings. The van der Waals surface area contributed by atoms with Crippen LogP contribution in [-0.2, 0) is 15.7 Å². The predicted molar refractivity (Wildman–Crippen MR) is 75.5 cm³/mol. The summed E-state index contributed by atoms with van der Waals surface area (Å²) in [6.45, 7) is 8.34. The third-order valence-corrected chi connectivity index (χ3v) is 3.99. The lowest BCUT2D eigenvalue weighted by molar-refractivity contribution is 0.00578. The molecule has 3 N–H and O–H groups in total. The van der Waals surface area contributed by atoms with Crippen LogP contribution in [-0.4, -0.2) is 29.8 Å². The van der Waals surface area contributed by atoms with E-state index in [9.17, 15) is 4.79 Å². The van der Waals surface area contributed by atoms with Crippen LogP contribution in [0, 0.1) is 0 Å². The summed E-state index contributed by atoms with van der Waals surface area (Å²) in [6.07, 6.45) is 2.26. The van der Waals surface area contributed by atoms with Crippen LogP contribution < -0.4 is 16.8 Å². The second-order valence-electron chi connectivity index (χ2n) is 5.87. The first-order chi connectivity index (χ1) is 8.78. The highest BCUT2D eigenvalue weighted by Crippen LogP contribution is 2.36. The Hall–Kier alpha value is -1.11. The van der Waals surface area contributed by atoms with Gasteiger partial charge in [-0.05, 0) is 52.3 Å². The normalized spacial score (nSPS) is 20.8. The predicted octanol–water partition coefficient (Wildman–Crippen LogP) is 0.175. The van der Waals surface area contributed by atoms with Crippen LogP contribution in [0.3, 0.4) is 0 Å². The van der Waals surface area contributed by atoms with Gasteiger partial charge < -0.3 is 20.0 Å². The number of hydrogen-bond donors (Lipinski definition) is 2. The van der Waals surface area contributed by atoms with Gasteiger partial charge in [0, 0.05) is 6.20 Å². The van der Waals surface area contributed by atoms with Crippen molar-refractivity contribution in [2.24, 2.45) is 5.73 Å². The summed E-state index contributed by atoms with van der Waals surface area (Å²) in [6, 6.07) is 1.86. The number of H-pyrrole nitrogens is 1. The maximum atomic E-state index is 12.1. The third kappa shape index (κ3) is 2.48. The molecule has 0 spiro atoms. The van der Waals surface area contributed by atoms with E-state index < -0.39 is 18.3 Å². The number of pyridine rings is 1. The number of nitrogens with one attached hydrogen (secondary N) is 1. The zero-order valence-corrected chi connectivity index (χ0v) is 11.9. The Balaban J connectivity index is 2.42. The van der Waals surface area contributed by atoms with Gasteiger partial charge >= 0.3 is 7.12 Å². The molecule has 0 unspecified atom stereocenters. The van der Waals surface area contributed by atoms with Crippen molar-refractivity contribution in [2.75, 3.05) is 6.54 Å². The van der Waals surface area contributed by atoms with Crippen molar-refractivity contribution in [3.05, 3.63) is 28.2 Å². The second kappa shape index (κ2) is 4.78. The highest BCUT2D eigenvalue weighted by Gasteiger charge is 2.52. The van der Waals surface area contributed by atoms with Gasteiger partial charge in [0.25, 0.3) is 0 Å². The first-order valence-corrected chi connectivity index (χ1v) is 6.54. The van der Waals surface area contributed by atoms with E-state index in [-0.39, 0.29) is 5.56 Å². The Kier molecular flexibility index (Phi) is 3.60. The molecular formula is C13H21BN2O3. The Morgan fingerprint density at radius 1 is 1.26 bits per heavy atom. The molecule has 1 saturated heterocycles. The van der Waals surface area contributed by atoms with E-state index in [0.29, 0.717) is 18.4 Å². The Morgan fingerprint density at radius 3 is 2.37 bits per heavy atom. The summed E-state index contributed by atoms with van der Waals surface area (Å²) in [5.74, 6) is 0. The fraction of sp³-hybridized carbons (Fsp3) is 0.615. The highest BCUT2D eigenvalue weighted by molar-refractivity contribution is 6.62. The lowest BCUT2D eigenvalue weighted by atomic mass is 9.76. The minimum Gasteiger partial charge on any atom is -0.399 e. The third-order valence-electron chi connectivity index (χ3n) is 3.99. The van der Waals surface area contributed by atoms with Crippen molar-refractivity contribution in [1.82, 2.24) is 4.98 Å². The van der Waals surface area contributed by atoms with Crippen LogP contribution in [0.2, 0.25) is 0 Å². The zero-order valence-electron chi connectivity index (χ0n) is 11.9. The summed E-state index contributed by atoms with van der Waals surface area (Å²) in [7, 11) is -0.642. The standard InChI is InChI=1S/C13H21BN2O3/c1-12(2)13(3,4)19-14(18-12)10-9(5-7-15)6-8-16-11(10)17/h6,8H,5,7,15H2,1-4H3,(H,16,17). The quantitative estimate of drug-likeness (QED) is 0.763. The molecular weight excluding hydrogens is 243 g/mol. The topological polar surface area (TPSA) is 77.3 Å². The molecule has 6 heteroatoms. The van der Waals surface area contributed by atoms with Gasteiger partial charge in [0.1, 0.15) is 0 Å². The molecule has 0 atom stereocenters. The van der Waals surface area contributed by atoms with Crippen molar-refractivity contribution in [3.8, 4) is 0 Å². The van der Waals surface area contributed by atoms with Crippen LogP contribution in [0.1, 0.15) is 33.3 Å². The summed E-state index contributed by atoms with van der Waals surface area (Å²) in [5, 5.41) is 0. The molecule has 1 aliphatic rings. The number of rotatable bonds is 3. The SMILES string of the molecule is CC1(C)OB(c2c(CCN)cc[nH]c2=O)OC1(C)C. The first-order valence-electron chi connectivity index (χ1n) is 6.54. The molecule has 0 amide bonds. The average molecular weight is 264 g/mol. The fourth-order valence-electron chi connectivity index (χ4n) is 2.12. The molecule has 1 aromatic rings. The van der Waals surface area contributed by atoms with Crippen LogP contribution in [0.5, 0.6) is 0 Å². The van der Waals surface area contributed by atoms with Gasteiger partial charge in [-0.15, -0.1) is 0 Å². The minimum atomic E-state index is -0.642. The van der Waals surface area contributed by atoms with Gasteiger partial charge in [0.05, 0.1) is 16.7 Å². The number of aromatic nitrogens is 1. The lowest BCUT2D eigenvalue weighted by Crippen LogP contribution is -2.47. The van der Waals surface area contributed by atoms with E-state index in [1.807, 2.05) is 33.8 Å². The van der Waals surface area contributed by atoms with Crippen molar-refractivity contribution < 1.29 is 9.31 Å². The van der Waals surface area contributed by atoms with E-state index in [0.717, 1.165) is 5.56 Å². The van der Waals surface area contributed by atoms with E-state index in [2.05, 4.69) is 4.98 Å². The number of aromatic amines is 1. The highest BCUT2D eigenvalue weighted by atomic mass is 16.7. The second-order valence-corrected chi connectivity index (χ2v) is 5.87. The van der Waals surface area contributed by atoms with Crippen molar-refractivity contribution in [2.45, 2.75) is 45.3 Å². The molecule has 2 heterocycles. The van der Waals surface area contributed by atoms with Crippen molar-refractivity contribution in [1.29, 1.82) is 0 Å². The molecule has 5 nitrogen and oxygen atoms in total. The number of hydrogen-bond acceptors (Lipinski definition) is 4. The van der Waals surface area contributed by atoms with E-state index in [1.165, 1.54) is 0 Å². The summed E-state index contributed by atoms with van der Waals surface area (Å²) in [5.41, 5.74) is 5.91. The summed E-state index contributed by atoms with van der Waals surface area (Å²) in [4.78, 5) is 14.7. The van der Waals surface area contributed by atoms with Crippen LogP contribution in [0.15, 0.2) is 17.1 Å². The molecule has 0 bridgehead atoms. The van der Waals surface area contributed by atoms with Gasteiger partial charge in [0.2, 0.25) is 5.56 Å². The number of nitrogens with two attached hydrogens (primary N) is 1. The van der Waals surface area contributed by atoms with Gasteiger partial charge in [0.15, 0.2) is 0 Å². The molecule has 104 valence electrons. The van der Waals surface area contributed by atoms with Crippen LogP contribution in [0.4, 0.5) is 0 Å². The smallest absolute Gasteiger partial charge is 0.399 e. The van der Waals surface area contributed by atoms with Gasteiger partial charge in [-0.2, -0.15) is 0 Å². The maximum Gasteiger partial charge on any atom is 0.500 e.